The molecule has 0 atom stereocenters. The molecule has 0 saturated carbocycles. The van der Waals surface area contributed by atoms with Crippen LogP contribution in [0.4, 0.5) is 0 Å². The molecule has 0 aliphatic carbocycles. The topological polar surface area (TPSA) is 35.6 Å². The van der Waals surface area contributed by atoms with Crippen LogP contribution >= 0.6 is 0 Å². The average molecular weight is 713 g/mol. The maximum atomic E-state index is 5.48. The van der Waals surface area contributed by atoms with Crippen molar-refractivity contribution in [3.8, 4) is 33.9 Å². The molecule has 4 heteroatoms. The molecule has 0 fully saturated rings. The zero-order chi connectivity index (χ0) is 36.7. The van der Waals surface area contributed by atoms with Crippen LogP contribution in [0.25, 0.3) is 110 Å². The van der Waals surface area contributed by atoms with Gasteiger partial charge in [-0.25, -0.2) is 9.97 Å². The second-order valence-corrected chi connectivity index (χ2v) is 14.6. The first-order chi connectivity index (χ1) is 27.8. The number of nitrogens with zero attached hydrogens (tertiary/aromatic N) is 4. The Balaban J connectivity index is 1.23. The van der Waals surface area contributed by atoms with E-state index in [4.69, 9.17) is 9.97 Å². The highest BCUT2D eigenvalue weighted by molar-refractivity contribution is 6.27. The van der Waals surface area contributed by atoms with Gasteiger partial charge in [-0.15, -0.1) is 0 Å². The van der Waals surface area contributed by atoms with Crippen LogP contribution in [0, 0.1) is 0 Å². The first-order valence-corrected chi connectivity index (χ1v) is 19.1. The van der Waals surface area contributed by atoms with E-state index in [-0.39, 0.29) is 0 Å². The van der Waals surface area contributed by atoms with Crippen molar-refractivity contribution in [1.82, 2.24) is 19.1 Å². The van der Waals surface area contributed by atoms with Crippen molar-refractivity contribution < 1.29 is 0 Å². The van der Waals surface area contributed by atoms with Gasteiger partial charge in [0.15, 0.2) is 5.82 Å². The molecule has 0 bridgehead atoms. The SMILES string of the molecule is c1ccc(-n2c3ccccc3c3c(-c4cccc5c4c4c6ccccc6ccc4n5-c4nc5ccccc5nc4-c4ccc5ccccc5c4)cccc32)cc1. The zero-order valence-corrected chi connectivity index (χ0v) is 30.3. The van der Waals surface area contributed by atoms with Crippen molar-refractivity contribution in [2.24, 2.45) is 0 Å². The van der Waals surface area contributed by atoms with Crippen LogP contribution in [0.3, 0.4) is 0 Å². The maximum Gasteiger partial charge on any atom is 0.165 e. The molecule has 0 aliphatic rings. The summed E-state index contributed by atoms with van der Waals surface area (Å²) in [4.78, 5) is 10.9. The van der Waals surface area contributed by atoms with Gasteiger partial charge in [0.2, 0.25) is 0 Å². The van der Waals surface area contributed by atoms with Crippen LogP contribution in [0.15, 0.2) is 194 Å². The predicted octanol–water partition coefficient (Wildman–Crippen LogP) is 13.5. The molecule has 12 rings (SSSR count). The summed E-state index contributed by atoms with van der Waals surface area (Å²) < 4.78 is 4.76. The van der Waals surface area contributed by atoms with E-state index < -0.39 is 0 Å². The van der Waals surface area contributed by atoms with Gasteiger partial charge in [-0.3, -0.25) is 4.57 Å². The fourth-order valence-electron chi connectivity index (χ4n) is 9.06. The average Bonchev–Trinajstić information content (AvgIpc) is 3.79. The summed E-state index contributed by atoms with van der Waals surface area (Å²) in [6.07, 6.45) is 0. The Bertz CT molecular complexity index is 3540. The Labute approximate surface area is 322 Å². The fraction of sp³-hybridized carbons (Fsp3) is 0. The van der Waals surface area contributed by atoms with Gasteiger partial charge < -0.3 is 4.57 Å². The number of rotatable bonds is 4. The van der Waals surface area contributed by atoms with Gasteiger partial charge in [0.25, 0.3) is 0 Å². The molecule has 0 saturated heterocycles. The van der Waals surface area contributed by atoms with Crippen LogP contribution in [-0.2, 0) is 0 Å². The summed E-state index contributed by atoms with van der Waals surface area (Å²) in [7, 11) is 0. The third kappa shape index (κ3) is 4.47. The van der Waals surface area contributed by atoms with Gasteiger partial charge in [-0.2, -0.15) is 0 Å². The molecule has 0 amide bonds. The molecule has 3 aromatic heterocycles. The number of para-hydroxylation sites is 4. The van der Waals surface area contributed by atoms with Crippen LogP contribution in [-0.4, -0.2) is 19.1 Å². The van der Waals surface area contributed by atoms with Crippen molar-refractivity contribution in [2.75, 3.05) is 0 Å². The smallest absolute Gasteiger partial charge is 0.165 e. The highest BCUT2D eigenvalue weighted by Gasteiger charge is 2.24. The number of benzene rings is 9. The van der Waals surface area contributed by atoms with E-state index in [0.717, 1.165) is 44.8 Å². The molecule has 0 unspecified atom stereocenters. The summed E-state index contributed by atoms with van der Waals surface area (Å²) in [6.45, 7) is 0. The van der Waals surface area contributed by atoms with E-state index in [0.29, 0.717) is 0 Å². The van der Waals surface area contributed by atoms with Crippen molar-refractivity contribution in [3.63, 3.8) is 0 Å². The molecular weight excluding hydrogens is 681 g/mol. The second kappa shape index (κ2) is 12.0. The lowest BCUT2D eigenvalue weighted by molar-refractivity contribution is 1.08. The minimum Gasteiger partial charge on any atom is -0.309 e. The van der Waals surface area contributed by atoms with E-state index in [1.54, 1.807) is 0 Å². The lowest BCUT2D eigenvalue weighted by Crippen LogP contribution is -2.03. The number of fused-ring (bicyclic) bond motifs is 10. The molecule has 3 heterocycles. The standard InChI is InChI=1S/C52H32N4/c1-2-17-37(18-3-1)55-44-25-11-8-20-41(44)48-39(21-12-26-45(48)55)40-22-13-27-46-50(40)49-38-19-7-6-15-34(38)30-31-47(49)56(46)52-51(53-42-23-9-10-24-43(42)54-52)36-29-28-33-14-4-5-16-35(33)32-36/h1-32H. The quantitative estimate of drug-likeness (QED) is 0.182. The molecule has 0 spiro atoms. The lowest BCUT2D eigenvalue weighted by atomic mass is 9.94. The molecule has 56 heavy (non-hydrogen) atoms. The van der Waals surface area contributed by atoms with Gasteiger partial charge in [0, 0.05) is 32.8 Å². The molecule has 260 valence electrons. The van der Waals surface area contributed by atoms with Gasteiger partial charge in [0.1, 0.15) is 5.69 Å². The second-order valence-electron chi connectivity index (χ2n) is 14.6. The van der Waals surface area contributed by atoms with Gasteiger partial charge >= 0.3 is 0 Å². The summed E-state index contributed by atoms with van der Waals surface area (Å²) in [5.74, 6) is 0.810. The lowest BCUT2D eigenvalue weighted by Gasteiger charge is -2.14. The third-order valence-electron chi connectivity index (χ3n) is 11.5. The number of aromatic nitrogens is 4. The van der Waals surface area contributed by atoms with Crippen molar-refractivity contribution in [3.05, 3.63) is 194 Å². The monoisotopic (exact) mass is 712 g/mol. The van der Waals surface area contributed by atoms with Gasteiger partial charge in [-0.05, 0) is 87.3 Å². The maximum absolute atomic E-state index is 5.48. The molecular formula is C52H32N4. The summed E-state index contributed by atoms with van der Waals surface area (Å²) in [5, 5.41) is 9.65. The fourth-order valence-corrected chi connectivity index (χ4v) is 9.06. The molecule has 9 aromatic carbocycles. The Morgan fingerprint density at radius 2 is 0.929 bits per heavy atom. The van der Waals surface area contributed by atoms with E-state index in [2.05, 4.69) is 191 Å². The largest absolute Gasteiger partial charge is 0.309 e. The first kappa shape index (κ1) is 30.9. The van der Waals surface area contributed by atoms with E-state index in [1.165, 1.54) is 65.3 Å². The van der Waals surface area contributed by atoms with Crippen LogP contribution < -0.4 is 0 Å². The Morgan fingerprint density at radius 3 is 1.75 bits per heavy atom. The van der Waals surface area contributed by atoms with Crippen molar-refractivity contribution >= 4 is 76.2 Å². The van der Waals surface area contributed by atoms with Crippen molar-refractivity contribution in [2.45, 2.75) is 0 Å². The Morgan fingerprint density at radius 1 is 0.339 bits per heavy atom. The Kier molecular flexibility index (Phi) is 6.60. The third-order valence-corrected chi connectivity index (χ3v) is 11.5. The van der Waals surface area contributed by atoms with Crippen LogP contribution in [0.1, 0.15) is 0 Å². The molecule has 4 nitrogen and oxygen atoms in total. The molecule has 0 aliphatic heterocycles. The van der Waals surface area contributed by atoms with Crippen LogP contribution in [0.5, 0.6) is 0 Å². The summed E-state index contributed by atoms with van der Waals surface area (Å²) >= 11 is 0. The number of hydrogen-bond acceptors (Lipinski definition) is 2. The minimum atomic E-state index is 0.810. The highest BCUT2D eigenvalue weighted by atomic mass is 15.1. The van der Waals surface area contributed by atoms with Gasteiger partial charge in [0.05, 0.1) is 33.1 Å². The minimum absolute atomic E-state index is 0.810. The van der Waals surface area contributed by atoms with Gasteiger partial charge in [-0.1, -0.05) is 140 Å². The van der Waals surface area contributed by atoms with Crippen LogP contribution in [0.2, 0.25) is 0 Å². The predicted molar refractivity (Wildman–Crippen MR) is 234 cm³/mol. The molecule has 0 radical (unpaired) electrons. The summed E-state index contributed by atoms with van der Waals surface area (Å²) in [6, 6.07) is 69.6. The van der Waals surface area contributed by atoms with E-state index in [1.807, 2.05) is 12.1 Å². The van der Waals surface area contributed by atoms with Crippen molar-refractivity contribution in [1.29, 1.82) is 0 Å². The normalized spacial score (nSPS) is 11.9. The molecule has 12 aromatic rings. The number of hydrogen-bond donors (Lipinski definition) is 0. The zero-order valence-electron chi connectivity index (χ0n) is 30.3. The van der Waals surface area contributed by atoms with E-state index >= 15 is 0 Å². The van der Waals surface area contributed by atoms with E-state index in [9.17, 15) is 0 Å². The highest BCUT2D eigenvalue weighted by Crippen LogP contribution is 2.46. The Hall–Kier alpha value is -7.56. The first-order valence-electron chi connectivity index (χ1n) is 19.1. The summed E-state index contributed by atoms with van der Waals surface area (Å²) in [5.41, 5.74) is 11.7. The molecule has 0 N–H and O–H groups in total.